The van der Waals surface area contributed by atoms with Crippen LogP contribution in [0.5, 0.6) is 0 Å². The summed E-state index contributed by atoms with van der Waals surface area (Å²) >= 11 is 0. The third-order valence-electron chi connectivity index (χ3n) is 3.49. The Balaban J connectivity index is 1.66. The molecule has 2 aromatic rings. The number of carbonyl (C=O) groups excluding carboxylic acids is 1. The molecule has 1 aromatic carbocycles. The Hall–Kier alpha value is -2.24. The SMILES string of the molecule is O=C(Nc1cccc(C(F)(F)F)c1)C1CC1c1ccco1. The monoisotopic (exact) mass is 295 g/mol. The van der Waals surface area contributed by atoms with Crippen molar-refractivity contribution < 1.29 is 22.4 Å². The lowest BCUT2D eigenvalue weighted by atomic mass is 10.2. The van der Waals surface area contributed by atoms with Gasteiger partial charge in [0.25, 0.3) is 0 Å². The molecule has 3 rings (SSSR count). The second kappa shape index (κ2) is 4.95. The number of alkyl halides is 3. The maximum atomic E-state index is 12.6. The minimum Gasteiger partial charge on any atom is -0.469 e. The van der Waals surface area contributed by atoms with E-state index in [4.69, 9.17) is 4.42 Å². The van der Waals surface area contributed by atoms with Gasteiger partial charge in [0.1, 0.15) is 5.76 Å². The molecule has 110 valence electrons. The van der Waals surface area contributed by atoms with Crippen LogP contribution < -0.4 is 5.32 Å². The molecule has 1 fully saturated rings. The van der Waals surface area contributed by atoms with Gasteiger partial charge >= 0.3 is 6.18 Å². The third-order valence-corrected chi connectivity index (χ3v) is 3.49. The van der Waals surface area contributed by atoms with Crippen LogP contribution in [0.15, 0.2) is 47.1 Å². The normalized spacial score (nSPS) is 21.1. The molecule has 21 heavy (non-hydrogen) atoms. The van der Waals surface area contributed by atoms with Gasteiger partial charge < -0.3 is 9.73 Å². The van der Waals surface area contributed by atoms with E-state index in [2.05, 4.69) is 5.32 Å². The maximum absolute atomic E-state index is 12.6. The Bertz CT molecular complexity index is 649. The van der Waals surface area contributed by atoms with Crippen molar-refractivity contribution in [3.63, 3.8) is 0 Å². The van der Waals surface area contributed by atoms with Gasteiger partial charge in [0.15, 0.2) is 0 Å². The van der Waals surface area contributed by atoms with E-state index in [1.165, 1.54) is 18.4 Å². The summed E-state index contributed by atoms with van der Waals surface area (Å²) in [5.41, 5.74) is -0.626. The molecular weight excluding hydrogens is 283 g/mol. The zero-order valence-corrected chi connectivity index (χ0v) is 10.9. The van der Waals surface area contributed by atoms with Crippen molar-refractivity contribution in [2.75, 3.05) is 5.32 Å². The van der Waals surface area contributed by atoms with Crippen LogP contribution in [0.2, 0.25) is 0 Å². The molecule has 3 nitrogen and oxygen atoms in total. The van der Waals surface area contributed by atoms with E-state index in [1.54, 1.807) is 12.1 Å². The lowest BCUT2D eigenvalue weighted by molar-refractivity contribution is -0.137. The van der Waals surface area contributed by atoms with Gasteiger partial charge in [0.2, 0.25) is 5.91 Å². The molecule has 0 bridgehead atoms. The van der Waals surface area contributed by atoms with Crippen LogP contribution in [0.3, 0.4) is 0 Å². The fraction of sp³-hybridized carbons (Fsp3) is 0.267. The first-order chi connectivity index (χ1) is 9.95. The molecule has 0 aliphatic heterocycles. The van der Waals surface area contributed by atoms with Gasteiger partial charge in [-0.2, -0.15) is 13.2 Å². The summed E-state index contributed by atoms with van der Waals surface area (Å²) < 4.78 is 43.0. The Labute approximate surface area is 118 Å². The average molecular weight is 295 g/mol. The van der Waals surface area contributed by atoms with Crippen LogP contribution in [0, 0.1) is 5.92 Å². The molecule has 0 spiro atoms. The first-order valence-electron chi connectivity index (χ1n) is 6.46. The van der Waals surface area contributed by atoms with Gasteiger partial charge in [-0.15, -0.1) is 0 Å². The van der Waals surface area contributed by atoms with Gasteiger partial charge in [0.05, 0.1) is 11.8 Å². The highest BCUT2D eigenvalue weighted by Gasteiger charge is 2.45. The van der Waals surface area contributed by atoms with Crippen molar-refractivity contribution >= 4 is 11.6 Å². The Morgan fingerprint density at radius 1 is 1.24 bits per heavy atom. The zero-order valence-electron chi connectivity index (χ0n) is 10.9. The lowest BCUT2D eigenvalue weighted by Crippen LogP contribution is -2.15. The number of anilines is 1. The minimum absolute atomic E-state index is 0.0193. The van der Waals surface area contributed by atoms with E-state index >= 15 is 0 Å². The Morgan fingerprint density at radius 3 is 2.71 bits per heavy atom. The number of furan rings is 1. The van der Waals surface area contributed by atoms with Crippen molar-refractivity contribution in [1.82, 2.24) is 0 Å². The minimum atomic E-state index is -4.42. The molecule has 1 aliphatic rings. The summed E-state index contributed by atoms with van der Waals surface area (Å²) in [7, 11) is 0. The van der Waals surface area contributed by atoms with E-state index in [9.17, 15) is 18.0 Å². The fourth-order valence-corrected chi connectivity index (χ4v) is 2.31. The van der Waals surface area contributed by atoms with E-state index < -0.39 is 11.7 Å². The molecule has 1 aromatic heterocycles. The van der Waals surface area contributed by atoms with Gasteiger partial charge in [-0.3, -0.25) is 4.79 Å². The van der Waals surface area contributed by atoms with Crippen molar-refractivity contribution in [3.8, 4) is 0 Å². The van der Waals surface area contributed by atoms with Crippen molar-refractivity contribution in [3.05, 3.63) is 54.0 Å². The summed E-state index contributed by atoms with van der Waals surface area (Å²) in [4.78, 5) is 12.0. The molecule has 2 atom stereocenters. The van der Waals surface area contributed by atoms with E-state index in [-0.39, 0.29) is 23.4 Å². The second-order valence-corrected chi connectivity index (χ2v) is 5.03. The predicted molar refractivity (Wildman–Crippen MR) is 69.6 cm³/mol. The summed E-state index contributed by atoms with van der Waals surface area (Å²) in [5.74, 6) is 0.228. The molecule has 1 amide bonds. The van der Waals surface area contributed by atoms with Gasteiger partial charge in [-0.05, 0) is 36.8 Å². The number of hydrogen-bond acceptors (Lipinski definition) is 2. The van der Waals surface area contributed by atoms with E-state index in [0.29, 0.717) is 6.42 Å². The maximum Gasteiger partial charge on any atom is 0.416 e. The van der Waals surface area contributed by atoms with Gasteiger partial charge in [-0.1, -0.05) is 6.07 Å². The third kappa shape index (κ3) is 2.94. The Morgan fingerprint density at radius 2 is 2.05 bits per heavy atom. The highest BCUT2D eigenvalue weighted by molar-refractivity contribution is 5.95. The average Bonchev–Trinajstić information content (AvgIpc) is 3.05. The first kappa shape index (κ1) is 13.7. The number of halogens is 3. The number of amides is 1. The zero-order chi connectivity index (χ0) is 15.0. The summed E-state index contributed by atoms with van der Waals surface area (Å²) in [5, 5.41) is 2.53. The molecule has 1 N–H and O–H groups in total. The second-order valence-electron chi connectivity index (χ2n) is 5.03. The molecular formula is C15H12F3NO2. The van der Waals surface area contributed by atoms with Crippen LogP contribution >= 0.6 is 0 Å². The van der Waals surface area contributed by atoms with Gasteiger partial charge in [0, 0.05) is 17.5 Å². The summed E-state index contributed by atoms with van der Waals surface area (Å²) in [6.45, 7) is 0. The molecule has 1 heterocycles. The number of rotatable bonds is 3. The number of nitrogens with one attached hydrogen (secondary N) is 1. The van der Waals surface area contributed by atoms with E-state index in [0.717, 1.165) is 17.9 Å². The van der Waals surface area contributed by atoms with Crippen molar-refractivity contribution in [1.29, 1.82) is 0 Å². The molecule has 1 aliphatic carbocycles. The first-order valence-corrected chi connectivity index (χ1v) is 6.46. The molecule has 1 saturated carbocycles. The van der Waals surface area contributed by atoms with Crippen molar-refractivity contribution in [2.45, 2.75) is 18.5 Å². The highest BCUT2D eigenvalue weighted by atomic mass is 19.4. The van der Waals surface area contributed by atoms with Crippen LogP contribution in [0.1, 0.15) is 23.7 Å². The van der Waals surface area contributed by atoms with Crippen molar-refractivity contribution in [2.24, 2.45) is 5.92 Å². The standard InChI is InChI=1S/C15H12F3NO2/c16-15(17,18)9-3-1-4-10(7-9)19-14(20)12-8-11(12)13-5-2-6-21-13/h1-7,11-12H,8H2,(H,19,20). The highest BCUT2D eigenvalue weighted by Crippen LogP contribution is 2.48. The Kier molecular flexibility index (Phi) is 3.23. The molecule has 6 heteroatoms. The molecule has 0 radical (unpaired) electrons. The largest absolute Gasteiger partial charge is 0.469 e. The smallest absolute Gasteiger partial charge is 0.416 e. The van der Waals surface area contributed by atoms with Crippen LogP contribution in [0.4, 0.5) is 18.9 Å². The summed E-state index contributed by atoms with van der Waals surface area (Å²) in [6.07, 6.45) is -2.23. The van der Waals surface area contributed by atoms with Crippen LogP contribution in [-0.4, -0.2) is 5.91 Å². The molecule has 0 saturated heterocycles. The lowest BCUT2D eigenvalue weighted by Gasteiger charge is -2.09. The summed E-state index contributed by atoms with van der Waals surface area (Å²) in [6, 6.07) is 8.16. The van der Waals surface area contributed by atoms with Crippen LogP contribution in [-0.2, 0) is 11.0 Å². The number of hydrogen-bond donors (Lipinski definition) is 1. The van der Waals surface area contributed by atoms with E-state index in [1.807, 2.05) is 0 Å². The number of benzene rings is 1. The fourth-order valence-electron chi connectivity index (χ4n) is 2.31. The number of carbonyl (C=O) groups is 1. The molecule has 2 unspecified atom stereocenters. The van der Waals surface area contributed by atoms with Gasteiger partial charge in [-0.25, -0.2) is 0 Å². The topological polar surface area (TPSA) is 42.2 Å². The predicted octanol–water partition coefficient (Wildman–Crippen LogP) is 4.04. The van der Waals surface area contributed by atoms with Crippen LogP contribution in [0.25, 0.3) is 0 Å². The quantitative estimate of drug-likeness (QED) is 0.928.